The normalized spacial score (nSPS) is 16.6. The van der Waals surface area contributed by atoms with Crippen molar-refractivity contribution in [1.82, 2.24) is 0 Å². The standard InChI is InChI=1S/2C8H12.Ni/c2*1-7(2)8-5-3-4-6-8;/h2*3-5,7H,6H2,1-2H3;. The quantitative estimate of drug-likeness (QED) is 0.618. The van der Waals surface area contributed by atoms with Crippen LogP contribution in [0.5, 0.6) is 0 Å². The third-order valence-electron chi connectivity index (χ3n) is 3.08. The maximum absolute atomic E-state index is 2.23. The summed E-state index contributed by atoms with van der Waals surface area (Å²) in [6.45, 7) is 8.94. The monoisotopic (exact) mass is 274 g/mol. The van der Waals surface area contributed by atoms with Crippen molar-refractivity contribution < 1.29 is 16.5 Å². The van der Waals surface area contributed by atoms with Crippen molar-refractivity contribution in [1.29, 1.82) is 0 Å². The van der Waals surface area contributed by atoms with Crippen LogP contribution in [-0.2, 0) is 16.5 Å². The van der Waals surface area contributed by atoms with Crippen molar-refractivity contribution in [2.24, 2.45) is 11.8 Å². The largest absolute Gasteiger partial charge is 0.0805 e. The summed E-state index contributed by atoms with van der Waals surface area (Å²) < 4.78 is 0. The minimum Gasteiger partial charge on any atom is -0.0805 e. The van der Waals surface area contributed by atoms with Gasteiger partial charge in [0.15, 0.2) is 0 Å². The van der Waals surface area contributed by atoms with Gasteiger partial charge in [-0.2, -0.15) is 0 Å². The molecule has 0 heterocycles. The molecule has 0 aromatic rings. The van der Waals surface area contributed by atoms with Gasteiger partial charge < -0.3 is 0 Å². The fraction of sp³-hybridized carbons (Fsp3) is 0.500. The van der Waals surface area contributed by atoms with Crippen LogP contribution < -0.4 is 0 Å². The maximum atomic E-state index is 2.23. The van der Waals surface area contributed by atoms with Gasteiger partial charge in [-0.25, -0.2) is 0 Å². The summed E-state index contributed by atoms with van der Waals surface area (Å²) in [5.41, 5.74) is 3.12. The zero-order valence-electron chi connectivity index (χ0n) is 11.3. The first-order valence-electron chi connectivity index (χ1n) is 6.32. The van der Waals surface area contributed by atoms with Crippen LogP contribution in [0.3, 0.4) is 0 Å². The van der Waals surface area contributed by atoms with Gasteiger partial charge in [0.25, 0.3) is 0 Å². The molecule has 2 aliphatic rings. The van der Waals surface area contributed by atoms with Crippen molar-refractivity contribution in [2.75, 3.05) is 0 Å². The van der Waals surface area contributed by atoms with Crippen LogP contribution in [0.25, 0.3) is 0 Å². The number of hydrogen-bond acceptors (Lipinski definition) is 0. The molecule has 0 bridgehead atoms. The van der Waals surface area contributed by atoms with E-state index in [9.17, 15) is 0 Å². The second-order valence-electron chi connectivity index (χ2n) is 5.06. The van der Waals surface area contributed by atoms with E-state index >= 15 is 0 Å². The molecule has 2 rings (SSSR count). The summed E-state index contributed by atoms with van der Waals surface area (Å²) in [5.74, 6) is 1.48. The fourth-order valence-electron chi connectivity index (χ4n) is 1.78. The van der Waals surface area contributed by atoms with Crippen LogP contribution in [0.15, 0.2) is 47.6 Å². The molecule has 0 radical (unpaired) electrons. The molecule has 0 aromatic carbocycles. The van der Waals surface area contributed by atoms with Crippen molar-refractivity contribution in [3.63, 3.8) is 0 Å². The van der Waals surface area contributed by atoms with E-state index in [1.165, 1.54) is 12.8 Å². The van der Waals surface area contributed by atoms with E-state index in [0.29, 0.717) is 0 Å². The third kappa shape index (κ3) is 6.08. The van der Waals surface area contributed by atoms with Gasteiger partial charge >= 0.3 is 0 Å². The Kier molecular flexibility index (Phi) is 8.26. The van der Waals surface area contributed by atoms with Gasteiger partial charge in [-0.05, 0) is 24.7 Å². The Labute approximate surface area is 116 Å². The molecule has 0 aromatic heterocycles. The van der Waals surface area contributed by atoms with Crippen molar-refractivity contribution in [3.8, 4) is 0 Å². The zero-order valence-corrected chi connectivity index (χ0v) is 12.3. The van der Waals surface area contributed by atoms with E-state index in [-0.39, 0.29) is 16.5 Å². The SMILES string of the molecule is CC(C)C1=CC=CC1.CC(C)C1=CC=CC1.[Ni]. The minimum absolute atomic E-state index is 0. The van der Waals surface area contributed by atoms with E-state index in [1.807, 2.05) is 0 Å². The molecular formula is C16H24Ni. The van der Waals surface area contributed by atoms with Gasteiger partial charge in [0.2, 0.25) is 0 Å². The van der Waals surface area contributed by atoms with Gasteiger partial charge in [-0.1, -0.05) is 75.3 Å². The van der Waals surface area contributed by atoms with Crippen LogP contribution in [0.4, 0.5) is 0 Å². The Bertz CT molecular complexity index is 293. The molecule has 0 spiro atoms. The molecule has 98 valence electrons. The average Bonchev–Trinajstić information content (AvgIpc) is 2.93. The second-order valence-corrected chi connectivity index (χ2v) is 5.06. The molecule has 0 nitrogen and oxygen atoms in total. The number of rotatable bonds is 2. The third-order valence-corrected chi connectivity index (χ3v) is 3.08. The van der Waals surface area contributed by atoms with Crippen LogP contribution in [-0.4, -0.2) is 0 Å². The van der Waals surface area contributed by atoms with Gasteiger partial charge in [0, 0.05) is 16.5 Å². The topological polar surface area (TPSA) is 0 Å². The molecule has 17 heavy (non-hydrogen) atoms. The molecular weight excluding hydrogens is 251 g/mol. The van der Waals surface area contributed by atoms with Crippen LogP contribution in [0, 0.1) is 11.8 Å². The van der Waals surface area contributed by atoms with E-state index in [2.05, 4.69) is 64.2 Å². The first kappa shape index (κ1) is 16.5. The Morgan fingerprint density at radius 1 is 0.765 bits per heavy atom. The van der Waals surface area contributed by atoms with Crippen LogP contribution >= 0.6 is 0 Å². The van der Waals surface area contributed by atoms with Crippen molar-refractivity contribution >= 4 is 0 Å². The summed E-state index contributed by atoms with van der Waals surface area (Å²) in [6.07, 6.45) is 15.5. The van der Waals surface area contributed by atoms with Gasteiger partial charge in [0.1, 0.15) is 0 Å². The van der Waals surface area contributed by atoms with Crippen LogP contribution in [0.2, 0.25) is 0 Å². The Balaban J connectivity index is 0.000000284. The minimum atomic E-state index is 0. The second kappa shape index (κ2) is 8.53. The summed E-state index contributed by atoms with van der Waals surface area (Å²) in [6, 6.07) is 0. The smallest absolute Gasteiger partial charge is 0 e. The van der Waals surface area contributed by atoms with E-state index < -0.39 is 0 Å². The average molecular weight is 275 g/mol. The van der Waals surface area contributed by atoms with Gasteiger partial charge in [0.05, 0.1) is 0 Å². The molecule has 2 aliphatic carbocycles. The van der Waals surface area contributed by atoms with Gasteiger partial charge in [-0.15, -0.1) is 0 Å². The van der Waals surface area contributed by atoms with Crippen molar-refractivity contribution in [3.05, 3.63) is 47.6 Å². The molecule has 1 heteroatoms. The van der Waals surface area contributed by atoms with Crippen molar-refractivity contribution in [2.45, 2.75) is 40.5 Å². The molecule has 0 atom stereocenters. The molecule has 0 amide bonds. The van der Waals surface area contributed by atoms with E-state index in [1.54, 1.807) is 11.1 Å². The summed E-state index contributed by atoms with van der Waals surface area (Å²) in [4.78, 5) is 0. The summed E-state index contributed by atoms with van der Waals surface area (Å²) in [7, 11) is 0. The molecule has 0 fully saturated rings. The Morgan fingerprint density at radius 3 is 1.24 bits per heavy atom. The summed E-state index contributed by atoms with van der Waals surface area (Å²) in [5, 5.41) is 0. The Hall–Kier alpha value is -0.546. The van der Waals surface area contributed by atoms with E-state index in [0.717, 1.165) is 11.8 Å². The number of hydrogen-bond donors (Lipinski definition) is 0. The van der Waals surface area contributed by atoms with Gasteiger partial charge in [-0.3, -0.25) is 0 Å². The predicted octanol–water partition coefficient (Wildman–Crippen LogP) is 5.05. The molecule has 0 N–H and O–H groups in total. The Morgan fingerprint density at radius 2 is 1.12 bits per heavy atom. The predicted molar refractivity (Wildman–Crippen MR) is 73.4 cm³/mol. The van der Waals surface area contributed by atoms with Crippen LogP contribution in [0.1, 0.15) is 40.5 Å². The summed E-state index contributed by atoms with van der Waals surface area (Å²) >= 11 is 0. The zero-order chi connectivity index (χ0) is 12.0. The van der Waals surface area contributed by atoms with E-state index in [4.69, 9.17) is 0 Å². The molecule has 0 saturated heterocycles. The number of allylic oxidation sites excluding steroid dienone is 8. The first-order valence-corrected chi connectivity index (χ1v) is 6.32. The molecule has 0 aliphatic heterocycles. The first-order chi connectivity index (χ1) is 7.61. The fourth-order valence-corrected chi connectivity index (χ4v) is 1.78. The maximum Gasteiger partial charge on any atom is 0 e. The molecule has 0 unspecified atom stereocenters. The molecule has 0 saturated carbocycles.